The number of ether oxygens (including phenoxy) is 1. The van der Waals surface area contributed by atoms with Crippen LogP contribution in [0.4, 0.5) is 18.9 Å². The van der Waals surface area contributed by atoms with E-state index < -0.39 is 27.9 Å². The van der Waals surface area contributed by atoms with Gasteiger partial charge in [-0.3, -0.25) is 0 Å². The zero-order valence-corrected chi connectivity index (χ0v) is 17.2. The lowest BCUT2D eigenvalue weighted by atomic mass is 10.1. The second-order valence-electron chi connectivity index (χ2n) is 7.06. The van der Waals surface area contributed by atoms with Gasteiger partial charge in [0.15, 0.2) is 0 Å². The first kappa shape index (κ1) is 21.2. The molecule has 0 saturated carbocycles. The fourth-order valence-corrected chi connectivity index (χ4v) is 5.21. The number of hydrogen-bond donors (Lipinski definition) is 1. The second kappa shape index (κ2) is 7.90. The van der Waals surface area contributed by atoms with Crippen molar-refractivity contribution in [3.63, 3.8) is 0 Å². The predicted octanol–water partition coefficient (Wildman–Crippen LogP) is 5.03. The molecule has 0 aromatic heterocycles. The molecule has 0 spiro atoms. The van der Waals surface area contributed by atoms with Gasteiger partial charge in [0.25, 0.3) is 0 Å². The molecule has 3 aromatic carbocycles. The third-order valence-electron chi connectivity index (χ3n) is 5.08. The number of fused-ring (bicyclic) bond motifs is 1. The van der Waals surface area contributed by atoms with Crippen molar-refractivity contribution in [3.05, 3.63) is 89.5 Å². The number of rotatable bonds is 4. The summed E-state index contributed by atoms with van der Waals surface area (Å²) >= 11 is 0. The van der Waals surface area contributed by atoms with E-state index in [-0.39, 0.29) is 11.4 Å². The lowest BCUT2D eigenvalue weighted by molar-refractivity contribution is -0.137. The van der Waals surface area contributed by atoms with Gasteiger partial charge in [0.1, 0.15) is 16.8 Å². The summed E-state index contributed by atoms with van der Waals surface area (Å²) in [7, 11) is -2.42. The van der Waals surface area contributed by atoms with Crippen molar-refractivity contribution in [1.82, 2.24) is 4.31 Å². The fourth-order valence-electron chi connectivity index (χ4n) is 3.53. The van der Waals surface area contributed by atoms with E-state index >= 15 is 0 Å². The molecule has 1 atom stereocenters. The second-order valence-corrected chi connectivity index (χ2v) is 8.92. The van der Waals surface area contributed by atoms with Crippen LogP contribution >= 0.6 is 0 Å². The first-order valence-corrected chi connectivity index (χ1v) is 10.8. The van der Waals surface area contributed by atoms with Gasteiger partial charge in [-0.05, 0) is 47.5 Å². The first-order valence-electron chi connectivity index (χ1n) is 9.37. The van der Waals surface area contributed by atoms with E-state index in [4.69, 9.17) is 4.74 Å². The number of nitrogens with one attached hydrogen (secondary N) is 1. The largest absolute Gasteiger partial charge is 0.497 e. The maximum Gasteiger partial charge on any atom is 0.416 e. The zero-order valence-electron chi connectivity index (χ0n) is 16.4. The molecule has 0 radical (unpaired) electrons. The molecular weight excluding hydrogens is 429 g/mol. The Morgan fingerprint density at radius 2 is 1.71 bits per heavy atom. The van der Waals surface area contributed by atoms with Crippen molar-refractivity contribution in [2.45, 2.75) is 23.8 Å². The molecule has 162 valence electrons. The summed E-state index contributed by atoms with van der Waals surface area (Å²) in [6, 6.07) is 17.9. The Balaban J connectivity index is 1.79. The number of nitrogens with zero attached hydrogens (tertiary/aromatic N) is 1. The molecule has 31 heavy (non-hydrogen) atoms. The number of methoxy groups -OCH3 is 1. The molecule has 1 heterocycles. The number of alkyl halides is 3. The fraction of sp³-hybridized carbons (Fsp3) is 0.182. The van der Waals surface area contributed by atoms with Crippen LogP contribution in [0, 0.1) is 0 Å². The van der Waals surface area contributed by atoms with Crippen molar-refractivity contribution in [3.8, 4) is 5.75 Å². The Bertz CT molecular complexity index is 1200. The Labute approximate surface area is 178 Å². The number of hydrogen-bond acceptors (Lipinski definition) is 4. The molecule has 0 fully saturated rings. The Kier molecular flexibility index (Phi) is 5.40. The average Bonchev–Trinajstić information content (AvgIpc) is 2.75. The van der Waals surface area contributed by atoms with Crippen molar-refractivity contribution < 1.29 is 26.3 Å². The van der Waals surface area contributed by atoms with Crippen LogP contribution in [-0.4, -0.2) is 19.8 Å². The van der Waals surface area contributed by atoms with E-state index in [1.54, 1.807) is 42.5 Å². The molecule has 0 amide bonds. The van der Waals surface area contributed by atoms with Crippen LogP contribution in [0.1, 0.15) is 22.9 Å². The molecule has 1 N–H and O–H groups in total. The van der Waals surface area contributed by atoms with Crippen LogP contribution in [-0.2, 0) is 22.7 Å². The standard InChI is InChI=1S/C22H19F3N2O3S/c1-30-18-6-4-5-15(13-18)14-27-21(16-9-11-17(12-10-16)22(23,24)25)26-19-7-2-3-8-20(19)31(27,28)29/h2-13,21,26H,14H2,1H3/t21-/m0/s1. The quantitative estimate of drug-likeness (QED) is 0.608. The van der Waals surface area contributed by atoms with Crippen molar-refractivity contribution in [2.75, 3.05) is 12.4 Å². The van der Waals surface area contributed by atoms with E-state index in [9.17, 15) is 21.6 Å². The normalized spacial score (nSPS) is 18.1. The van der Waals surface area contributed by atoms with Crippen LogP contribution < -0.4 is 10.1 Å². The van der Waals surface area contributed by atoms with Crippen LogP contribution in [0.2, 0.25) is 0 Å². The Morgan fingerprint density at radius 3 is 2.39 bits per heavy atom. The molecule has 4 rings (SSSR count). The van der Waals surface area contributed by atoms with Gasteiger partial charge < -0.3 is 10.1 Å². The monoisotopic (exact) mass is 448 g/mol. The van der Waals surface area contributed by atoms with E-state index in [0.29, 0.717) is 22.6 Å². The molecule has 0 unspecified atom stereocenters. The van der Waals surface area contributed by atoms with Gasteiger partial charge in [0.2, 0.25) is 10.0 Å². The number of anilines is 1. The minimum Gasteiger partial charge on any atom is -0.497 e. The summed E-state index contributed by atoms with van der Waals surface area (Å²) in [5, 5.41) is 3.16. The van der Waals surface area contributed by atoms with Crippen LogP contribution in [0.5, 0.6) is 5.75 Å². The van der Waals surface area contributed by atoms with Gasteiger partial charge in [-0.15, -0.1) is 0 Å². The van der Waals surface area contributed by atoms with Crippen LogP contribution in [0.3, 0.4) is 0 Å². The summed E-state index contributed by atoms with van der Waals surface area (Å²) < 4.78 is 72.3. The Hall–Kier alpha value is -3.04. The summed E-state index contributed by atoms with van der Waals surface area (Å²) in [6.45, 7) is 0.00650. The van der Waals surface area contributed by atoms with Gasteiger partial charge in [0, 0.05) is 6.54 Å². The van der Waals surface area contributed by atoms with Gasteiger partial charge in [0.05, 0.1) is 18.4 Å². The minimum absolute atomic E-state index is 0.00650. The Morgan fingerprint density at radius 1 is 1.00 bits per heavy atom. The third-order valence-corrected chi connectivity index (χ3v) is 6.95. The summed E-state index contributed by atoms with van der Waals surface area (Å²) in [5.74, 6) is 0.575. The number of sulfonamides is 1. The SMILES string of the molecule is COc1cccc(CN2[C@@H](c3ccc(C(F)(F)F)cc3)Nc3ccccc3S2(=O)=O)c1. The molecule has 5 nitrogen and oxygen atoms in total. The lowest BCUT2D eigenvalue weighted by Gasteiger charge is -2.37. The molecular formula is C22H19F3N2O3S. The van der Waals surface area contributed by atoms with Gasteiger partial charge >= 0.3 is 6.18 Å². The van der Waals surface area contributed by atoms with Gasteiger partial charge in [-0.25, -0.2) is 8.42 Å². The maximum atomic E-state index is 13.4. The molecule has 1 aliphatic heterocycles. The number of benzene rings is 3. The molecule has 3 aromatic rings. The lowest BCUT2D eigenvalue weighted by Crippen LogP contribution is -2.42. The van der Waals surface area contributed by atoms with Crippen molar-refractivity contribution in [1.29, 1.82) is 0 Å². The van der Waals surface area contributed by atoms with Crippen molar-refractivity contribution in [2.24, 2.45) is 0 Å². The summed E-state index contributed by atoms with van der Waals surface area (Å²) in [6.07, 6.45) is -5.36. The van der Waals surface area contributed by atoms with Crippen molar-refractivity contribution >= 4 is 15.7 Å². The summed E-state index contributed by atoms with van der Waals surface area (Å²) in [4.78, 5) is 0.112. The van der Waals surface area contributed by atoms with E-state index in [0.717, 1.165) is 12.1 Å². The minimum atomic E-state index is -4.47. The molecule has 0 aliphatic carbocycles. The topological polar surface area (TPSA) is 58.6 Å². The van der Waals surface area contributed by atoms with Crippen LogP contribution in [0.25, 0.3) is 0 Å². The molecule has 1 aliphatic rings. The molecule has 0 saturated heterocycles. The molecule has 9 heteroatoms. The zero-order chi connectivity index (χ0) is 22.2. The summed E-state index contributed by atoms with van der Waals surface area (Å²) in [5.41, 5.74) is 0.680. The number of halogens is 3. The van der Waals surface area contributed by atoms with Gasteiger partial charge in [-0.2, -0.15) is 17.5 Å². The highest BCUT2D eigenvalue weighted by Gasteiger charge is 2.39. The van der Waals surface area contributed by atoms with E-state index in [1.165, 1.54) is 29.6 Å². The van der Waals surface area contributed by atoms with E-state index in [1.807, 2.05) is 0 Å². The highest BCUT2D eigenvalue weighted by molar-refractivity contribution is 7.89. The molecule has 0 bridgehead atoms. The highest BCUT2D eigenvalue weighted by Crippen LogP contribution is 2.40. The van der Waals surface area contributed by atoms with Gasteiger partial charge in [-0.1, -0.05) is 36.4 Å². The number of para-hydroxylation sites is 1. The van der Waals surface area contributed by atoms with E-state index in [2.05, 4.69) is 5.32 Å². The predicted molar refractivity (Wildman–Crippen MR) is 110 cm³/mol. The third kappa shape index (κ3) is 4.11. The average molecular weight is 448 g/mol. The maximum absolute atomic E-state index is 13.4. The first-order chi connectivity index (χ1) is 14.7. The smallest absolute Gasteiger partial charge is 0.416 e. The highest BCUT2D eigenvalue weighted by atomic mass is 32.2. The van der Waals surface area contributed by atoms with Crippen LogP contribution in [0.15, 0.2) is 77.7 Å².